The first-order chi connectivity index (χ1) is 9.60. The van der Waals surface area contributed by atoms with E-state index >= 15 is 0 Å². The molecule has 1 rings (SSSR count). The van der Waals surface area contributed by atoms with Gasteiger partial charge in [-0.2, -0.15) is 0 Å². The molecule has 0 aromatic carbocycles. The lowest BCUT2D eigenvalue weighted by atomic mass is 9.79. The molecule has 1 aliphatic rings. The van der Waals surface area contributed by atoms with E-state index in [-0.39, 0.29) is 17.7 Å². The Labute approximate surface area is 121 Å². The van der Waals surface area contributed by atoms with Gasteiger partial charge in [0.2, 0.25) is 5.91 Å². The fourth-order valence-corrected chi connectivity index (χ4v) is 2.90. The molecule has 1 aliphatic carbocycles. The van der Waals surface area contributed by atoms with Crippen LogP contribution in [-0.2, 0) is 9.59 Å². The first kappa shape index (κ1) is 17.0. The monoisotopic (exact) mass is 284 g/mol. The van der Waals surface area contributed by atoms with Gasteiger partial charge in [-0.1, -0.05) is 32.1 Å². The lowest BCUT2D eigenvalue weighted by Gasteiger charge is -2.29. The van der Waals surface area contributed by atoms with Gasteiger partial charge in [0, 0.05) is 19.5 Å². The smallest absolute Gasteiger partial charge is 0.303 e. The maximum absolute atomic E-state index is 12.4. The van der Waals surface area contributed by atoms with Gasteiger partial charge in [-0.3, -0.25) is 9.59 Å². The molecule has 116 valence electrons. The Morgan fingerprint density at radius 1 is 1.05 bits per heavy atom. The normalized spacial score (nSPS) is 18.2. The molecule has 5 heteroatoms. The van der Waals surface area contributed by atoms with Crippen LogP contribution in [0.3, 0.4) is 0 Å². The highest BCUT2D eigenvalue weighted by molar-refractivity contribution is 5.82. The summed E-state index contributed by atoms with van der Waals surface area (Å²) in [5.41, 5.74) is 5.50. The molecule has 20 heavy (non-hydrogen) atoms. The molecule has 0 aliphatic heterocycles. The predicted octanol–water partition coefficient (Wildman–Crippen LogP) is 2.05. The van der Waals surface area contributed by atoms with Gasteiger partial charge in [-0.25, -0.2) is 0 Å². The van der Waals surface area contributed by atoms with Crippen LogP contribution in [0.25, 0.3) is 0 Å². The van der Waals surface area contributed by atoms with Crippen LogP contribution in [-0.4, -0.2) is 30.1 Å². The van der Waals surface area contributed by atoms with Crippen molar-refractivity contribution in [2.45, 2.75) is 64.2 Å². The average molecular weight is 284 g/mol. The van der Waals surface area contributed by atoms with Crippen LogP contribution in [0.1, 0.15) is 64.2 Å². The summed E-state index contributed by atoms with van der Waals surface area (Å²) in [6.45, 7) is 1.05. The zero-order valence-corrected chi connectivity index (χ0v) is 12.3. The quantitative estimate of drug-likeness (QED) is 0.470. The Morgan fingerprint density at radius 3 is 2.25 bits per heavy atom. The van der Waals surface area contributed by atoms with E-state index in [2.05, 4.69) is 5.32 Å². The SMILES string of the molecule is NCC1(C(=O)NCCCCCC(=O)O)CCCCCC1. The summed E-state index contributed by atoms with van der Waals surface area (Å²) in [5.74, 6) is -0.658. The summed E-state index contributed by atoms with van der Waals surface area (Å²) in [6, 6.07) is 0. The highest BCUT2D eigenvalue weighted by atomic mass is 16.4. The molecule has 0 aromatic rings. The summed E-state index contributed by atoms with van der Waals surface area (Å²) < 4.78 is 0. The highest BCUT2D eigenvalue weighted by Gasteiger charge is 2.36. The fourth-order valence-electron chi connectivity index (χ4n) is 2.90. The number of carbonyl (C=O) groups is 2. The molecule has 0 radical (unpaired) electrons. The Morgan fingerprint density at radius 2 is 1.70 bits per heavy atom. The van der Waals surface area contributed by atoms with E-state index in [1.807, 2.05) is 0 Å². The first-order valence-electron chi connectivity index (χ1n) is 7.81. The zero-order valence-electron chi connectivity index (χ0n) is 12.3. The number of rotatable bonds is 8. The van der Waals surface area contributed by atoms with Crippen molar-refractivity contribution in [3.05, 3.63) is 0 Å². The van der Waals surface area contributed by atoms with Crippen molar-refractivity contribution in [3.63, 3.8) is 0 Å². The number of nitrogens with two attached hydrogens (primary N) is 1. The fraction of sp³-hybridized carbons (Fsp3) is 0.867. The van der Waals surface area contributed by atoms with Crippen LogP contribution in [0.5, 0.6) is 0 Å². The molecule has 0 unspecified atom stereocenters. The van der Waals surface area contributed by atoms with Crippen molar-refractivity contribution in [3.8, 4) is 0 Å². The molecule has 0 saturated heterocycles. The molecule has 0 spiro atoms. The summed E-state index contributed by atoms with van der Waals surface area (Å²) in [7, 11) is 0. The Balaban J connectivity index is 2.27. The van der Waals surface area contributed by atoms with Crippen LogP contribution in [0.2, 0.25) is 0 Å². The topological polar surface area (TPSA) is 92.4 Å². The van der Waals surface area contributed by atoms with E-state index in [0.717, 1.165) is 38.5 Å². The number of carboxylic acid groups (broad SMARTS) is 1. The second-order valence-corrected chi connectivity index (χ2v) is 5.86. The molecular formula is C15H28N2O3. The van der Waals surface area contributed by atoms with Crippen LogP contribution in [0.15, 0.2) is 0 Å². The van der Waals surface area contributed by atoms with Gasteiger partial charge in [0.1, 0.15) is 0 Å². The number of hydrogen-bond acceptors (Lipinski definition) is 3. The molecule has 0 heterocycles. The van der Waals surface area contributed by atoms with Crippen LogP contribution >= 0.6 is 0 Å². The van der Waals surface area contributed by atoms with E-state index in [4.69, 9.17) is 10.8 Å². The number of amides is 1. The molecule has 4 N–H and O–H groups in total. The minimum Gasteiger partial charge on any atom is -0.481 e. The van der Waals surface area contributed by atoms with Crippen molar-refractivity contribution in [1.29, 1.82) is 0 Å². The standard InChI is InChI=1S/C15H28N2O3/c16-12-15(9-5-1-2-6-10-15)14(20)17-11-7-3-4-8-13(18)19/h1-12,16H2,(H,17,20)(H,18,19). The average Bonchev–Trinajstić information content (AvgIpc) is 2.68. The minimum absolute atomic E-state index is 0.0973. The zero-order chi connectivity index (χ0) is 14.8. The van der Waals surface area contributed by atoms with Gasteiger partial charge in [0.05, 0.1) is 5.41 Å². The molecule has 1 amide bonds. The van der Waals surface area contributed by atoms with Gasteiger partial charge in [0.15, 0.2) is 0 Å². The summed E-state index contributed by atoms with van der Waals surface area (Å²) in [4.78, 5) is 22.7. The van der Waals surface area contributed by atoms with Gasteiger partial charge < -0.3 is 16.2 Å². The molecule has 5 nitrogen and oxygen atoms in total. The highest BCUT2D eigenvalue weighted by Crippen LogP contribution is 2.34. The van der Waals surface area contributed by atoms with E-state index in [1.54, 1.807) is 0 Å². The largest absolute Gasteiger partial charge is 0.481 e. The first-order valence-corrected chi connectivity index (χ1v) is 7.81. The third kappa shape index (κ3) is 5.49. The van der Waals surface area contributed by atoms with Crippen molar-refractivity contribution < 1.29 is 14.7 Å². The Kier molecular flexibility index (Phi) is 7.59. The van der Waals surface area contributed by atoms with Crippen molar-refractivity contribution in [2.24, 2.45) is 11.1 Å². The number of hydrogen-bond donors (Lipinski definition) is 3. The number of nitrogens with one attached hydrogen (secondary N) is 1. The van der Waals surface area contributed by atoms with Crippen molar-refractivity contribution >= 4 is 11.9 Å². The lowest BCUT2D eigenvalue weighted by Crippen LogP contribution is -2.46. The number of carboxylic acids is 1. The molecule has 1 saturated carbocycles. The molecular weight excluding hydrogens is 256 g/mol. The summed E-state index contributed by atoms with van der Waals surface area (Å²) >= 11 is 0. The Bertz CT molecular complexity index is 310. The number of unbranched alkanes of at least 4 members (excludes halogenated alkanes) is 2. The second-order valence-electron chi connectivity index (χ2n) is 5.86. The van der Waals surface area contributed by atoms with Gasteiger partial charge in [-0.05, 0) is 25.7 Å². The predicted molar refractivity (Wildman–Crippen MR) is 78.3 cm³/mol. The summed E-state index contributed by atoms with van der Waals surface area (Å²) in [5, 5.41) is 11.5. The third-order valence-electron chi connectivity index (χ3n) is 4.29. The number of carbonyl (C=O) groups excluding carboxylic acids is 1. The second kappa shape index (κ2) is 8.95. The maximum atomic E-state index is 12.4. The van der Waals surface area contributed by atoms with E-state index in [9.17, 15) is 9.59 Å². The van der Waals surface area contributed by atoms with E-state index in [0.29, 0.717) is 19.5 Å². The molecule has 0 atom stereocenters. The van der Waals surface area contributed by atoms with Gasteiger partial charge in [-0.15, -0.1) is 0 Å². The lowest BCUT2D eigenvalue weighted by molar-refractivity contribution is -0.137. The van der Waals surface area contributed by atoms with Crippen LogP contribution in [0, 0.1) is 5.41 Å². The summed E-state index contributed by atoms with van der Waals surface area (Å²) in [6.07, 6.45) is 8.92. The van der Waals surface area contributed by atoms with Crippen LogP contribution < -0.4 is 11.1 Å². The van der Waals surface area contributed by atoms with Crippen molar-refractivity contribution in [1.82, 2.24) is 5.32 Å². The third-order valence-corrected chi connectivity index (χ3v) is 4.29. The number of aliphatic carboxylic acids is 1. The van der Waals surface area contributed by atoms with Crippen molar-refractivity contribution in [2.75, 3.05) is 13.1 Å². The van der Waals surface area contributed by atoms with Gasteiger partial charge in [0.25, 0.3) is 0 Å². The minimum atomic E-state index is -0.755. The van der Waals surface area contributed by atoms with E-state index < -0.39 is 5.97 Å². The molecule has 0 aromatic heterocycles. The van der Waals surface area contributed by atoms with E-state index in [1.165, 1.54) is 12.8 Å². The van der Waals surface area contributed by atoms with Crippen LogP contribution in [0.4, 0.5) is 0 Å². The van der Waals surface area contributed by atoms with Gasteiger partial charge >= 0.3 is 5.97 Å². The molecule has 0 bridgehead atoms. The maximum Gasteiger partial charge on any atom is 0.303 e. The Hall–Kier alpha value is -1.10. The molecule has 1 fully saturated rings.